The molecule has 0 spiro atoms. The number of alkyl halides is 1. The van der Waals surface area contributed by atoms with E-state index in [4.69, 9.17) is 25.8 Å². The largest absolute Gasteiger partial charge is 0.457 e. The molecule has 228 valence electrons. The van der Waals surface area contributed by atoms with Crippen molar-refractivity contribution in [2.45, 2.75) is 37.5 Å². The van der Waals surface area contributed by atoms with Crippen molar-refractivity contribution in [3.05, 3.63) is 67.8 Å². The molecule has 2 amide bonds. The number of nitro groups is 2. The number of halogens is 1. The van der Waals surface area contributed by atoms with Gasteiger partial charge in [-0.3, -0.25) is 39.9 Å². The fraction of sp³-hybridized carbons (Fsp3) is 0.276. The van der Waals surface area contributed by atoms with Crippen molar-refractivity contribution in [3.8, 4) is 0 Å². The summed E-state index contributed by atoms with van der Waals surface area (Å²) in [7, 11) is 1.43. The second-order valence-corrected chi connectivity index (χ2v) is 11.4. The molecule has 0 bridgehead atoms. The number of esters is 1. The van der Waals surface area contributed by atoms with Crippen LogP contribution >= 0.6 is 11.6 Å². The summed E-state index contributed by atoms with van der Waals surface area (Å²) in [6, 6.07) is 7.48. The van der Waals surface area contributed by atoms with Gasteiger partial charge in [-0.05, 0) is 12.1 Å². The molecule has 0 aliphatic carbocycles. The number of amides is 2. The van der Waals surface area contributed by atoms with E-state index in [0.717, 1.165) is 0 Å². The molecular weight excluding hydrogens is 614 g/mol. The number of carbonyl (C=O) groups is 3. The van der Waals surface area contributed by atoms with Crippen LogP contribution in [0.4, 0.5) is 11.4 Å². The third kappa shape index (κ3) is 3.39. The van der Waals surface area contributed by atoms with E-state index in [2.05, 4.69) is 5.32 Å². The van der Waals surface area contributed by atoms with Crippen LogP contribution in [0.3, 0.4) is 0 Å². The van der Waals surface area contributed by atoms with Crippen LogP contribution in [0.15, 0.2) is 36.4 Å². The summed E-state index contributed by atoms with van der Waals surface area (Å²) in [5.74, 6) is -2.09. The lowest BCUT2D eigenvalue weighted by Crippen LogP contribution is -2.56. The van der Waals surface area contributed by atoms with Crippen molar-refractivity contribution in [2.75, 3.05) is 13.0 Å². The highest BCUT2D eigenvalue weighted by Crippen LogP contribution is 2.55. The van der Waals surface area contributed by atoms with E-state index < -0.39 is 58.2 Å². The van der Waals surface area contributed by atoms with Crippen molar-refractivity contribution in [3.63, 3.8) is 0 Å². The van der Waals surface area contributed by atoms with Gasteiger partial charge in [-0.2, -0.15) is 0 Å². The molecule has 45 heavy (non-hydrogen) atoms. The van der Waals surface area contributed by atoms with Crippen LogP contribution in [0.25, 0.3) is 43.6 Å². The number of nitrogens with zero attached hydrogens (tertiary/aromatic N) is 4. The van der Waals surface area contributed by atoms with E-state index >= 15 is 0 Å². The molecule has 0 saturated carbocycles. The average molecular weight is 634 g/mol. The van der Waals surface area contributed by atoms with Crippen molar-refractivity contribution in [1.82, 2.24) is 14.5 Å². The number of non-ortho nitro benzene ring substituents is 2. The quantitative estimate of drug-likeness (QED) is 0.0964. The van der Waals surface area contributed by atoms with E-state index in [1.165, 1.54) is 50.4 Å². The van der Waals surface area contributed by atoms with Crippen LogP contribution in [-0.4, -0.2) is 68.1 Å². The summed E-state index contributed by atoms with van der Waals surface area (Å²) in [5, 5.41) is 27.3. The predicted molar refractivity (Wildman–Crippen MR) is 158 cm³/mol. The molecule has 3 aliphatic rings. The zero-order chi connectivity index (χ0) is 31.6. The first-order chi connectivity index (χ1) is 21.6. The molecule has 2 aromatic heterocycles. The smallest absolute Gasteiger partial charge is 0.303 e. The van der Waals surface area contributed by atoms with E-state index in [9.17, 15) is 34.6 Å². The Bertz CT molecular complexity index is 2260. The molecule has 15 nitrogen and oxygen atoms in total. The molecule has 1 N–H and O–H groups in total. The van der Waals surface area contributed by atoms with Crippen molar-refractivity contribution >= 4 is 84.4 Å². The standard InChI is InChI=1S/C29H20ClN5O10/c1-10(36)44-26-24-29(45-17(9-30)25(26)43-2)33-16-6-4-12(35(41)42)8-14(16)19-21-20(27(37)31-28(21)38)18-13-7-11(34(39)40)3-5-15(13)32(24)22(18)23(19)33/h3-8,17,24-26,29H,9H2,1-2H3,(H,31,37,38)/t17-,24+,25-,26-,29-/m1/s1. The number of hydrogen-bond donors (Lipinski definition) is 1. The lowest BCUT2D eigenvalue weighted by atomic mass is 9.92. The van der Waals surface area contributed by atoms with Gasteiger partial charge in [-0.15, -0.1) is 11.6 Å². The van der Waals surface area contributed by atoms with Gasteiger partial charge in [-0.25, -0.2) is 0 Å². The maximum Gasteiger partial charge on any atom is 0.303 e. The number of nitrogens with one attached hydrogen (secondary N) is 1. The molecular formula is C29H20ClN5O10. The zero-order valence-corrected chi connectivity index (χ0v) is 24.1. The van der Waals surface area contributed by atoms with Gasteiger partial charge < -0.3 is 23.3 Å². The van der Waals surface area contributed by atoms with Gasteiger partial charge in [-0.1, -0.05) is 0 Å². The van der Waals surface area contributed by atoms with Gasteiger partial charge in [0.05, 0.1) is 48.9 Å². The minimum absolute atomic E-state index is 0.00763. The molecule has 0 unspecified atom stereocenters. The third-order valence-electron chi connectivity index (χ3n) is 8.96. The Morgan fingerprint density at radius 3 is 1.96 bits per heavy atom. The first-order valence-corrected chi connectivity index (χ1v) is 14.3. The summed E-state index contributed by atoms with van der Waals surface area (Å²) in [5.41, 5.74) is 1.19. The Morgan fingerprint density at radius 1 is 0.933 bits per heavy atom. The molecule has 3 aromatic carbocycles. The molecule has 1 fully saturated rings. The molecule has 0 radical (unpaired) electrons. The summed E-state index contributed by atoms with van der Waals surface area (Å²) >= 11 is 6.36. The second-order valence-electron chi connectivity index (χ2n) is 11.1. The SMILES string of the molecule is CO[C@H]1[C@H](OC(C)=O)[C@H]2[C@@H](O[C@@H]1CCl)n1c3ccc([N+](=O)[O-])cc3c3c4c(c5c6cc([N+](=O)[O-])ccc6n2c5c31)C(=O)NC4=O. The fourth-order valence-corrected chi connectivity index (χ4v) is 7.69. The maximum atomic E-state index is 13.5. The van der Waals surface area contributed by atoms with E-state index in [1.807, 2.05) is 0 Å². The van der Waals surface area contributed by atoms with E-state index in [0.29, 0.717) is 32.8 Å². The van der Waals surface area contributed by atoms with Gasteiger partial charge >= 0.3 is 5.97 Å². The van der Waals surface area contributed by atoms with Crippen molar-refractivity contribution in [2.24, 2.45) is 0 Å². The zero-order valence-electron chi connectivity index (χ0n) is 23.3. The maximum absolute atomic E-state index is 13.5. The Kier molecular flexibility index (Phi) is 5.61. The number of aromatic nitrogens is 2. The Labute approximate surface area is 255 Å². The number of carbonyl (C=O) groups excluding carboxylic acids is 3. The van der Waals surface area contributed by atoms with E-state index in [-0.39, 0.29) is 39.2 Å². The van der Waals surface area contributed by atoms with Crippen LogP contribution in [0.5, 0.6) is 0 Å². The summed E-state index contributed by atoms with van der Waals surface area (Å²) in [6.07, 6.45) is -3.61. The monoisotopic (exact) mass is 633 g/mol. The van der Waals surface area contributed by atoms with Crippen LogP contribution in [-0.2, 0) is 19.0 Å². The number of benzene rings is 3. The predicted octanol–water partition coefficient (Wildman–Crippen LogP) is 4.24. The van der Waals surface area contributed by atoms with Gasteiger partial charge in [0.2, 0.25) is 0 Å². The molecule has 8 rings (SSSR count). The highest BCUT2D eigenvalue weighted by molar-refractivity contribution is 6.39. The lowest BCUT2D eigenvalue weighted by Gasteiger charge is -2.48. The highest BCUT2D eigenvalue weighted by Gasteiger charge is 2.54. The minimum Gasteiger partial charge on any atom is -0.457 e. The van der Waals surface area contributed by atoms with Crippen LogP contribution in [0, 0.1) is 20.2 Å². The molecule has 16 heteroatoms. The van der Waals surface area contributed by atoms with E-state index in [1.54, 1.807) is 9.13 Å². The first-order valence-electron chi connectivity index (χ1n) is 13.7. The molecule has 3 aliphatic heterocycles. The summed E-state index contributed by atoms with van der Waals surface area (Å²) < 4.78 is 21.9. The van der Waals surface area contributed by atoms with Crippen LogP contribution in [0.1, 0.15) is 39.9 Å². The van der Waals surface area contributed by atoms with Gasteiger partial charge in [0.25, 0.3) is 23.2 Å². The third-order valence-corrected chi connectivity index (χ3v) is 9.27. The number of ether oxygens (including phenoxy) is 3. The van der Waals surface area contributed by atoms with Crippen LogP contribution < -0.4 is 5.32 Å². The summed E-state index contributed by atoms with van der Waals surface area (Å²) in [6.45, 7) is 1.25. The molecule has 5 aromatic rings. The number of fused-ring (bicyclic) bond motifs is 12. The number of hydrogen-bond acceptors (Lipinski definition) is 10. The normalized spacial score (nSPS) is 23.6. The summed E-state index contributed by atoms with van der Waals surface area (Å²) in [4.78, 5) is 62.1. The first kappa shape index (κ1) is 27.4. The molecule has 5 atom stereocenters. The molecule has 1 saturated heterocycles. The Balaban J connectivity index is 1.65. The Hall–Kier alpha value is -5.12. The Morgan fingerprint density at radius 2 is 1.47 bits per heavy atom. The number of imide groups is 1. The van der Waals surface area contributed by atoms with Crippen LogP contribution in [0.2, 0.25) is 0 Å². The van der Waals surface area contributed by atoms with Gasteiger partial charge in [0, 0.05) is 59.8 Å². The van der Waals surface area contributed by atoms with Crippen molar-refractivity contribution in [1.29, 1.82) is 0 Å². The number of methoxy groups -OCH3 is 1. The molecule has 5 heterocycles. The minimum atomic E-state index is -1.01. The number of nitro benzene ring substituents is 2. The average Bonchev–Trinajstić information content (AvgIpc) is 3.62. The van der Waals surface area contributed by atoms with Gasteiger partial charge in [0.15, 0.2) is 12.3 Å². The number of rotatable bonds is 5. The fourth-order valence-electron chi connectivity index (χ4n) is 7.44. The van der Waals surface area contributed by atoms with Crippen molar-refractivity contribution < 1.29 is 38.4 Å². The lowest BCUT2D eigenvalue weighted by molar-refractivity contribution is -0.384. The highest BCUT2D eigenvalue weighted by atomic mass is 35.5. The second kappa shape index (κ2) is 9.20. The topological polar surface area (TPSA) is 187 Å². The van der Waals surface area contributed by atoms with Gasteiger partial charge in [0.1, 0.15) is 18.2 Å².